The Bertz CT molecular complexity index is 971. The van der Waals surface area contributed by atoms with Crippen LogP contribution in [-0.2, 0) is 0 Å². The van der Waals surface area contributed by atoms with Crippen molar-refractivity contribution in [1.82, 2.24) is 0 Å². The second kappa shape index (κ2) is 10.6. The van der Waals surface area contributed by atoms with Crippen molar-refractivity contribution >= 4 is 26.5 Å². The van der Waals surface area contributed by atoms with E-state index in [9.17, 15) is 0 Å². The molecular formula is C32H48O2P2. The van der Waals surface area contributed by atoms with Crippen LogP contribution in [0.5, 0.6) is 11.5 Å². The van der Waals surface area contributed by atoms with E-state index in [1.807, 2.05) is 0 Å². The van der Waals surface area contributed by atoms with Crippen LogP contribution in [0.4, 0.5) is 0 Å². The second-order valence-electron chi connectivity index (χ2n) is 12.6. The third-order valence-electron chi connectivity index (χ3n) is 8.12. The first-order valence-electron chi connectivity index (χ1n) is 14.2. The van der Waals surface area contributed by atoms with Gasteiger partial charge in [0.05, 0.1) is 0 Å². The van der Waals surface area contributed by atoms with Crippen molar-refractivity contribution in [3.8, 4) is 22.6 Å². The topological polar surface area (TPSA) is 18.5 Å². The van der Waals surface area contributed by atoms with Crippen LogP contribution in [-0.4, -0.2) is 22.0 Å². The summed E-state index contributed by atoms with van der Waals surface area (Å²) in [7, 11) is -0.991. The SMILES string of the molecule is CCC(CC)[C@@H]1Oc2cccc(-c3cccc4c3[P@](C(C)(C)C)[C@H](C(CC)CC)O4)c2[P@]1C(C)(C)C. The van der Waals surface area contributed by atoms with Gasteiger partial charge < -0.3 is 9.47 Å². The van der Waals surface area contributed by atoms with Gasteiger partial charge in [-0.25, -0.2) is 0 Å². The first kappa shape index (κ1) is 27.9. The second-order valence-corrected chi connectivity index (χ2v) is 18.6. The van der Waals surface area contributed by atoms with Crippen LogP contribution in [0.15, 0.2) is 36.4 Å². The zero-order chi connectivity index (χ0) is 26.4. The monoisotopic (exact) mass is 526 g/mol. The van der Waals surface area contributed by atoms with E-state index in [1.54, 1.807) is 0 Å². The highest BCUT2D eigenvalue weighted by atomic mass is 31.1. The minimum Gasteiger partial charge on any atom is -0.485 e. The molecule has 2 aromatic carbocycles. The van der Waals surface area contributed by atoms with Gasteiger partial charge in [-0.1, -0.05) is 93.5 Å². The molecule has 198 valence electrons. The van der Waals surface area contributed by atoms with Crippen LogP contribution in [0.25, 0.3) is 11.1 Å². The summed E-state index contributed by atoms with van der Waals surface area (Å²) in [5, 5.41) is 3.32. The average Bonchev–Trinajstić information content (AvgIpc) is 3.39. The van der Waals surface area contributed by atoms with Gasteiger partial charge in [-0.2, -0.15) is 0 Å². The van der Waals surface area contributed by atoms with Crippen molar-refractivity contribution in [2.75, 3.05) is 0 Å². The van der Waals surface area contributed by atoms with Crippen LogP contribution in [0.1, 0.15) is 94.9 Å². The normalized spacial score (nSPS) is 23.6. The summed E-state index contributed by atoms with van der Waals surface area (Å²) in [4.78, 5) is 0. The maximum atomic E-state index is 6.86. The molecular weight excluding hydrogens is 478 g/mol. The third kappa shape index (κ3) is 4.87. The molecule has 4 heteroatoms. The van der Waals surface area contributed by atoms with Gasteiger partial charge in [-0.05, 0) is 86.9 Å². The van der Waals surface area contributed by atoms with Crippen molar-refractivity contribution in [2.24, 2.45) is 11.8 Å². The van der Waals surface area contributed by atoms with Crippen molar-refractivity contribution in [3.05, 3.63) is 36.4 Å². The molecule has 0 unspecified atom stereocenters. The fourth-order valence-electron chi connectivity index (χ4n) is 6.22. The van der Waals surface area contributed by atoms with Crippen LogP contribution < -0.4 is 20.1 Å². The number of fused-ring (bicyclic) bond motifs is 2. The molecule has 0 radical (unpaired) electrons. The molecule has 0 saturated heterocycles. The number of hydrogen-bond donors (Lipinski definition) is 0. The molecule has 4 atom stereocenters. The Morgan fingerprint density at radius 2 is 0.944 bits per heavy atom. The molecule has 0 bridgehead atoms. The van der Waals surface area contributed by atoms with Crippen LogP contribution in [0, 0.1) is 11.8 Å². The molecule has 0 amide bonds. The lowest BCUT2D eigenvalue weighted by atomic mass is 10.0. The third-order valence-corrected chi connectivity index (χ3v) is 15.0. The zero-order valence-electron chi connectivity index (χ0n) is 24.3. The summed E-state index contributed by atoms with van der Waals surface area (Å²) in [6.07, 6.45) is 4.67. The first-order valence-corrected chi connectivity index (χ1v) is 17.0. The van der Waals surface area contributed by atoms with Crippen LogP contribution in [0.2, 0.25) is 0 Å². The van der Waals surface area contributed by atoms with E-state index in [0.717, 1.165) is 11.5 Å². The van der Waals surface area contributed by atoms with Crippen LogP contribution >= 0.6 is 15.8 Å². The Kier molecular flexibility index (Phi) is 8.20. The summed E-state index contributed by atoms with van der Waals surface area (Å²) in [6.45, 7) is 23.8. The molecule has 2 nitrogen and oxygen atoms in total. The summed E-state index contributed by atoms with van der Waals surface area (Å²) in [5.41, 5.74) is 2.79. The zero-order valence-corrected chi connectivity index (χ0v) is 26.1. The molecule has 4 rings (SSSR count). The maximum Gasteiger partial charge on any atom is 0.128 e. The number of hydrogen-bond acceptors (Lipinski definition) is 2. The van der Waals surface area contributed by atoms with Gasteiger partial charge in [0, 0.05) is 10.6 Å². The molecule has 0 spiro atoms. The molecule has 0 aromatic heterocycles. The first-order chi connectivity index (χ1) is 17.0. The lowest BCUT2D eigenvalue weighted by Crippen LogP contribution is -2.31. The predicted molar refractivity (Wildman–Crippen MR) is 161 cm³/mol. The van der Waals surface area contributed by atoms with Crippen LogP contribution in [0.3, 0.4) is 0 Å². The molecule has 2 aliphatic rings. The van der Waals surface area contributed by atoms with Crippen molar-refractivity contribution in [1.29, 1.82) is 0 Å². The van der Waals surface area contributed by atoms with Gasteiger partial charge >= 0.3 is 0 Å². The lowest BCUT2D eigenvalue weighted by Gasteiger charge is -2.37. The minimum atomic E-state index is -0.495. The summed E-state index contributed by atoms with van der Waals surface area (Å²) in [6, 6.07) is 13.6. The van der Waals surface area contributed by atoms with E-state index >= 15 is 0 Å². The fourth-order valence-corrected chi connectivity index (χ4v) is 13.4. The molecule has 2 aliphatic heterocycles. The molecule has 0 N–H and O–H groups in total. The molecule has 0 aliphatic carbocycles. The number of benzene rings is 2. The van der Waals surface area contributed by atoms with E-state index in [2.05, 4.69) is 106 Å². The largest absolute Gasteiger partial charge is 0.485 e. The van der Waals surface area contributed by atoms with Gasteiger partial charge in [0.2, 0.25) is 0 Å². The summed E-state index contributed by atoms with van der Waals surface area (Å²) < 4.78 is 13.7. The highest BCUT2D eigenvalue weighted by Gasteiger charge is 2.48. The van der Waals surface area contributed by atoms with E-state index in [4.69, 9.17) is 9.47 Å². The van der Waals surface area contributed by atoms with E-state index in [1.165, 1.54) is 47.4 Å². The molecule has 2 heterocycles. The van der Waals surface area contributed by atoms with Crippen molar-refractivity contribution < 1.29 is 9.47 Å². The van der Waals surface area contributed by atoms with Gasteiger partial charge in [0.1, 0.15) is 23.2 Å². The Morgan fingerprint density at radius 3 is 1.22 bits per heavy atom. The van der Waals surface area contributed by atoms with Gasteiger partial charge in [0.15, 0.2) is 0 Å². The summed E-state index contributed by atoms with van der Waals surface area (Å²) in [5.74, 6) is 4.01. The highest BCUT2D eigenvalue weighted by Crippen LogP contribution is 2.65. The minimum absolute atomic E-state index is 0.172. The quantitative estimate of drug-likeness (QED) is 0.335. The Labute approximate surface area is 223 Å². The van der Waals surface area contributed by atoms with E-state index in [0.29, 0.717) is 23.5 Å². The van der Waals surface area contributed by atoms with Crippen molar-refractivity contribution in [3.63, 3.8) is 0 Å². The number of rotatable bonds is 7. The Balaban J connectivity index is 1.93. The summed E-state index contributed by atoms with van der Waals surface area (Å²) >= 11 is 0. The Hall–Kier alpha value is -1.10. The highest BCUT2D eigenvalue weighted by molar-refractivity contribution is 7.69. The Morgan fingerprint density at radius 1 is 0.611 bits per heavy atom. The smallest absolute Gasteiger partial charge is 0.128 e. The van der Waals surface area contributed by atoms with E-state index in [-0.39, 0.29) is 10.3 Å². The predicted octanol–water partition coefficient (Wildman–Crippen LogP) is 9.47. The maximum absolute atomic E-state index is 6.86. The number of ether oxygens (including phenoxy) is 2. The standard InChI is InChI=1S/C32H48O2P2/c1-11-21(12-2)29-33-25-19-15-17-23(27(25)35(29)31(5,6)7)24-18-16-20-26-28(24)36(32(8,9)10)30(34-26)22(13-3)14-4/h15-22,29-30H,11-14H2,1-10H3/t29-,30-,35+,36+/m1/s1. The average molecular weight is 527 g/mol. The van der Waals surface area contributed by atoms with Crippen molar-refractivity contribution in [2.45, 2.75) is 117 Å². The van der Waals surface area contributed by atoms with Gasteiger partial charge in [0.25, 0.3) is 0 Å². The van der Waals surface area contributed by atoms with Gasteiger partial charge in [-0.3, -0.25) is 0 Å². The fraction of sp³-hybridized carbons (Fsp3) is 0.625. The van der Waals surface area contributed by atoms with E-state index < -0.39 is 15.8 Å². The van der Waals surface area contributed by atoms with Gasteiger partial charge in [-0.15, -0.1) is 0 Å². The molecule has 36 heavy (non-hydrogen) atoms. The molecule has 0 fully saturated rings. The molecule has 2 aromatic rings. The molecule has 0 saturated carbocycles. The lowest BCUT2D eigenvalue weighted by molar-refractivity contribution is 0.210.